The van der Waals surface area contributed by atoms with Gasteiger partial charge < -0.3 is 10.0 Å². The van der Waals surface area contributed by atoms with Crippen molar-refractivity contribution in [2.24, 2.45) is 0 Å². The Balaban J connectivity index is 0.000000304. The van der Waals surface area contributed by atoms with Crippen LogP contribution in [0.25, 0.3) is 0 Å². The summed E-state index contributed by atoms with van der Waals surface area (Å²) in [7, 11) is -1.84. The standard InChI is InChI=1S/C6H3F2.C3H9BO4.Li/c7-5-2-1-3-6(8)4-5;1-3(2)7-8-4(5)6;/h1-3H;3,5-6H,1-2H3;. The quantitative estimate of drug-likeness (QED) is 0.446. The first kappa shape index (κ1) is 16.6. The molecule has 0 aromatic heterocycles. The SMILES string of the molecule is CC(C)OOB(O)O.[Li][c]1c(F)cccc1F. The van der Waals surface area contributed by atoms with Crippen LogP contribution in [-0.4, -0.2) is 41.2 Å². The number of benzene rings is 1. The van der Waals surface area contributed by atoms with Gasteiger partial charge in [-0.05, 0) is 13.8 Å². The molecule has 90 valence electrons. The van der Waals surface area contributed by atoms with Crippen molar-refractivity contribution in [2.75, 3.05) is 0 Å². The van der Waals surface area contributed by atoms with Crippen molar-refractivity contribution in [3.63, 3.8) is 0 Å². The molecule has 1 aromatic carbocycles. The summed E-state index contributed by atoms with van der Waals surface area (Å²) in [5.41, 5.74) is 0. The summed E-state index contributed by atoms with van der Waals surface area (Å²) >= 11 is 1.41. The van der Waals surface area contributed by atoms with E-state index >= 15 is 0 Å². The fourth-order valence-electron chi connectivity index (χ4n) is 0.742. The normalized spacial score (nSPS) is 9.94. The molecule has 8 heteroatoms. The Morgan fingerprint density at radius 2 is 1.71 bits per heavy atom. The first-order valence-electron chi connectivity index (χ1n) is 4.93. The Bertz CT molecular complexity index is 311. The first-order chi connectivity index (χ1) is 7.84. The molecule has 0 saturated heterocycles. The van der Waals surface area contributed by atoms with Gasteiger partial charge in [0.05, 0.1) is 6.10 Å². The summed E-state index contributed by atoms with van der Waals surface area (Å²) in [6.45, 7) is 3.42. The maximum atomic E-state index is 12.3. The monoisotopic (exact) mass is 240 g/mol. The van der Waals surface area contributed by atoms with E-state index < -0.39 is 19.0 Å². The summed E-state index contributed by atoms with van der Waals surface area (Å²) in [5, 5.41) is 16.0. The average molecular weight is 240 g/mol. The van der Waals surface area contributed by atoms with Crippen molar-refractivity contribution in [3.05, 3.63) is 29.8 Å². The summed E-state index contributed by atoms with van der Waals surface area (Å²) < 4.78 is 24.8. The van der Waals surface area contributed by atoms with Gasteiger partial charge in [0.2, 0.25) is 0 Å². The van der Waals surface area contributed by atoms with Crippen molar-refractivity contribution >= 4 is 29.3 Å². The Morgan fingerprint density at radius 1 is 1.24 bits per heavy atom. The summed E-state index contributed by atoms with van der Waals surface area (Å²) in [5.74, 6) is -0.981. The molecule has 0 aliphatic carbocycles. The van der Waals surface area contributed by atoms with Crippen molar-refractivity contribution in [3.8, 4) is 0 Å². The van der Waals surface area contributed by atoms with E-state index in [0.717, 1.165) is 0 Å². The van der Waals surface area contributed by atoms with Crippen LogP contribution in [0.1, 0.15) is 13.8 Å². The van der Waals surface area contributed by atoms with Gasteiger partial charge in [0.1, 0.15) is 0 Å². The van der Waals surface area contributed by atoms with E-state index in [1.165, 1.54) is 35.9 Å². The molecular weight excluding hydrogens is 228 g/mol. The maximum absolute atomic E-state index is 12.3. The number of rotatable bonds is 3. The molecule has 0 spiro atoms. The molecule has 0 unspecified atom stereocenters. The zero-order valence-corrected chi connectivity index (χ0v) is 9.85. The van der Waals surface area contributed by atoms with E-state index in [0.29, 0.717) is 0 Å². The second kappa shape index (κ2) is 8.64. The van der Waals surface area contributed by atoms with Crippen LogP contribution >= 0.6 is 0 Å². The van der Waals surface area contributed by atoms with Gasteiger partial charge >= 0.3 is 67.9 Å². The predicted molar refractivity (Wildman–Crippen MR) is 59.2 cm³/mol. The zero-order chi connectivity index (χ0) is 13.4. The van der Waals surface area contributed by atoms with Gasteiger partial charge in [0, 0.05) is 0 Å². The molecule has 0 bridgehead atoms. The van der Waals surface area contributed by atoms with Crippen molar-refractivity contribution in [1.82, 2.24) is 0 Å². The van der Waals surface area contributed by atoms with Crippen LogP contribution in [0.15, 0.2) is 18.2 Å². The second-order valence-electron chi connectivity index (χ2n) is 3.41. The van der Waals surface area contributed by atoms with Gasteiger partial charge in [-0.3, -0.25) is 0 Å². The van der Waals surface area contributed by atoms with Crippen LogP contribution in [0.5, 0.6) is 0 Å². The van der Waals surface area contributed by atoms with Crippen LogP contribution in [0.4, 0.5) is 8.78 Å². The van der Waals surface area contributed by atoms with Gasteiger partial charge in [-0.25, -0.2) is 9.69 Å². The Hall–Kier alpha value is -0.418. The molecular formula is C9H12BF2LiO4. The van der Waals surface area contributed by atoms with Gasteiger partial charge in [0.15, 0.2) is 0 Å². The molecule has 0 saturated carbocycles. The molecule has 1 aromatic rings. The van der Waals surface area contributed by atoms with Gasteiger partial charge in [-0.1, -0.05) is 0 Å². The molecule has 2 N–H and O–H groups in total. The van der Waals surface area contributed by atoms with Crippen LogP contribution in [0.3, 0.4) is 0 Å². The topological polar surface area (TPSA) is 58.9 Å². The van der Waals surface area contributed by atoms with E-state index in [2.05, 4.69) is 9.69 Å². The summed E-state index contributed by atoms with van der Waals surface area (Å²) in [4.78, 5) is 8.22. The Morgan fingerprint density at radius 3 is 1.94 bits per heavy atom. The first-order valence-corrected chi connectivity index (χ1v) is 4.93. The molecule has 0 amide bonds. The Labute approximate surface area is 108 Å². The number of hydrogen-bond donors (Lipinski definition) is 2. The molecule has 0 radical (unpaired) electrons. The van der Waals surface area contributed by atoms with Crippen molar-refractivity contribution in [2.45, 2.75) is 20.0 Å². The summed E-state index contributed by atoms with van der Waals surface area (Å²) in [6, 6.07) is 3.81. The van der Waals surface area contributed by atoms with E-state index in [-0.39, 0.29) is 10.3 Å². The average Bonchev–Trinajstić information content (AvgIpc) is 2.24. The van der Waals surface area contributed by atoms with Gasteiger partial charge in [0.25, 0.3) is 0 Å². The third kappa shape index (κ3) is 8.32. The van der Waals surface area contributed by atoms with E-state index in [1.807, 2.05) is 0 Å². The van der Waals surface area contributed by atoms with Crippen molar-refractivity contribution < 1.29 is 28.5 Å². The van der Waals surface area contributed by atoms with E-state index in [4.69, 9.17) is 10.0 Å². The molecule has 0 atom stereocenters. The van der Waals surface area contributed by atoms with E-state index in [9.17, 15) is 8.78 Å². The van der Waals surface area contributed by atoms with Crippen LogP contribution < -0.4 is 4.24 Å². The molecule has 0 fully saturated rings. The van der Waals surface area contributed by atoms with Crippen molar-refractivity contribution in [1.29, 1.82) is 0 Å². The molecule has 0 aliphatic heterocycles. The third-order valence-electron chi connectivity index (χ3n) is 1.54. The van der Waals surface area contributed by atoms with Crippen LogP contribution in [-0.2, 0) is 9.69 Å². The molecule has 1 rings (SSSR count). The summed E-state index contributed by atoms with van der Waals surface area (Å²) in [6.07, 6.45) is -0.156. The number of halogens is 2. The number of hydrogen-bond acceptors (Lipinski definition) is 4. The molecule has 0 aliphatic rings. The molecule has 17 heavy (non-hydrogen) atoms. The van der Waals surface area contributed by atoms with Gasteiger partial charge in [-0.15, -0.1) is 0 Å². The predicted octanol–water partition coefficient (Wildman–Crippen LogP) is 0.0711. The minimum atomic E-state index is -1.84. The fourth-order valence-corrected chi connectivity index (χ4v) is 0.742. The van der Waals surface area contributed by atoms with Gasteiger partial charge in [-0.2, -0.15) is 0 Å². The molecule has 0 heterocycles. The zero-order valence-electron chi connectivity index (χ0n) is 9.85. The third-order valence-corrected chi connectivity index (χ3v) is 1.54. The van der Waals surface area contributed by atoms with Crippen LogP contribution in [0.2, 0.25) is 0 Å². The Kier molecular flexibility index (Phi) is 8.43. The van der Waals surface area contributed by atoms with E-state index in [1.54, 1.807) is 13.8 Å². The minimum absolute atomic E-state index is 0.0810. The van der Waals surface area contributed by atoms with Crippen LogP contribution in [0, 0.1) is 11.6 Å². The molecule has 4 nitrogen and oxygen atoms in total. The second-order valence-corrected chi connectivity index (χ2v) is 3.41. The fraction of sp³-hybridized carbons (Fsp3) is 0.333.